The third kappa shape index (κ3) is 5.83. The molecular formula is C21H27ClFN5O4. The Balaban J connectivity index is 0.00000114. The van der Waals surface area contributed by atoms with Crippen molar-refractivity contribution in [3.63, 3.8) is 0 Å². The van der Waals surface area contributed by atoms with Crippen LogP contribution in [-0.4, -0.2) is 45.9 Å². The minimum absolute atomic E-state index is 0.0370. The van der Waals surface area contributed by atoms with E-state index in [-0.39, 0.29) is 42.4 Å². The number of piperidine rings is 1. The number of anilines is 1. The van der Waals surface area contributed by atoms with E-state index in [0.29, 0.717) is 5.56 Å². The maximum absolute atomic E-state index is 13.8. The molecule has 2 aromatic rings. The fraction of sp³-hybridized carbons (Fsp3) is 0.429. The Morgan fingerprint density at radius 3 is 2.38 bits per heavy atom. The maximum Gasteiger partial charge on any atom is 0.332 e. The van der Waals surface area contributed by atoms with Crippen molar-refractivity contribution in [1.82, 2.24) is 14.0 Å². The SMILES string of the molecule is CCn1c(=O)c(C(=O)CN2CCCCC2)c(N)n(Cc2ccc(Cl)c(F)c2)c1=O.NC=O. The smallest absolute Gasteiger partial charge is 0.332 e. The Labute approximate surface area is 189 Å². The summed E-state index contributed by atoms with van der Waals surface area (Å²) in [4.78, 5) is 49.0. The summed E-state index contributed by atoms with van der Waals surface area (Å²) in [5.41, 5.74) is 9.22. The largest absolute Gasteiger partial charge is 0.384 e. The fourth-order valence-electron chi connectivity index (χ4n) is 3.63. The summed E-state index contributed by atoms with van der Waals surface area (Å²) in [5, 5.41) is -0.0370. The van der Waals surface area contributed by atoms with Crippen LogP contribution in [0.15, 0.2) is 27.8 Å². The van der Waals surface area contributed by atoms with Crippen LogP contribution in [0.2, 0.25) is 5.02 Å². The lowest BCUT2D eigenvalue weighted by atomic mass is 10.1. The number of halogens is 2. The number of primary amides is 1. The van der Waals surface area contributed by atoms with Gasteiger partial charge in [0.05, 0.1) is 18.1 Å². The number of likely N-dealkylation sites (tertiary alicyclic amines) is 1. The molecule has 0 spiro atoms. The molecule has 11 heteroatoms. The van der Waals surface area contributed by atoms with E-state index in [9.17, 15) is 18.8 Å². The highest BCUT2D eigenvalue weighted by molar-refractivity contribution is 6.30. The Morgan fingerprint density at radius 1 is 1.19 bits per heavy atom. The summed E-state index contributed by atoms with van der Waals surface area (Å²) in [6.45, 7) is 3.32. The molecule has 0 radical (unpaired) electrons. The van der Waals surface area contributed by atoms with Crippen molar-refractivity contribution in [2.75, 3.05) is 25.4 Å². The first kappa shape index (κ1) is 25.3. The van der Waals surface area contributed by atoms with E-state index in [1.807, 2.05) is 4.90 Å². The van der Waals surface area contributed by atoms with Gasteiger partial charge in [-0.05, 0) is 50.6 Å². The van der Waals surface area contributed by atoms with Gasteiger partial charge in [-0.25, -0.2) is 9.18 Å². The fourth-order valence-corrected chi connectivity index (χ4v) is 3.75. The van der Waals surface area contributed by atoms with E-state index in [1.165, 1.54) is 12.1 Å². The van der Waals surface area contributed by atoms with Gasteiger partial charge in [-0.2, -0.15) is 0 Å². The van der Waals surface area contributed by atoms with Crippen molar-refractivity contribution < 1.29 is 14.0 Å². The third-order valence-corrected chi connectivity index (χ3v) is 5.51. The number of ketones is 1. The van der Waals surface area contributed by atoms with Gasteiger partial charge in [-0.3, -0.25) is 28.4 Å². The predicted octanol–water partition coefficient (Wildman–Crippen LogP) is 1.22. The molecule has 1 saturated heterocycles. The standard InChI is InChI=1S/C20H24ClFN4O3.CH3NO/c1-2-25-19(28)17(16(27)12-24-8-4-3-5-9-24)18(23)26(20(25)29)11-13-6-7-14(21)15(22)10-13;2-1-3/h6-7,10H,2-5,8-9,11-12,23H2,1H3;1H,(H2,2,3). The van der Waals surface area contributed by atoms with Crippen LogP contribution >= 0.6 is 11.6 Å². The van der Waals surface area contributed by atoms with E-state index in [0.717, 1.165) is 41.5 Å². The van der Waals surface area contributed by atoms with Crippen molar-refractivity contribution in [2.24, 2.45) is 5.73 Å². The van der Waals surface area contributed by atoms with Crippen LogP contribution in [0.3, 0.4) is 0 Å². The number of rotatable bonds is 6. The monoisotopic (exact) mass is 467 g/mol. The second kappa shape index (κ2) is 11.6. The number of aromatic nitrogens is 2. The van der Waals surface area contributed by atoms with Crippen LogP contribution in [0.25, 0.3) is 0 Å². The number of nitrogens with two attached hydrogens (primary N) is 2. The van der Waals surface area contributed by atoms with Gasteiger partial charge < -0.3 is 11.5 Å². The lowest BCUT2D eigenvalue weighted by Gasteiger charge is -2.26. The molecular weight excluding hydrogens is 441 g/mol. The molecule has 1 amide bonds. The average molecular weight is 468 g/mol. The summed E-state index contributed by atoms with van der Waals surface area (Å²) < 4.78 is 15.9. The Morgan fingerprint density at radius 2 is 1.81 bits per heavy atom. The van der Waals surface area contributed by atoms with Gasteiger partial charge in [-0.1, -0.05) is 24.1 Å². The van der Waals surface area contributed by atoms with E-state index >= 15 is 0 Å². The van der Waals surface area contributed by atoms with Crippen molar-refractivity contribution in [3.8, 4) is 0 Å². The molecule has 0 unspecified atom stereocenters. The molecule has 0 saturated carbocycles. The molecule has 0 bridgehead atoms. The second-order valence-corrected chi connectivity index (χ2v) is 7.73. The van der Waals surface area contributed by atoms with Crippen LogP contribution in [0.1, 0.15) is 42.1 Å². The topological polar surface area (TPSA) is 133 Å². The van der Waals surface area contributed by atoms with Crippen LogP contribution in [-0.2, 0) is 17.9 Å². The van der Waals surface area contributed by atoms with Crippen LogP contribution in [0.5, 0.6) is 0 Å². The number of carbonyl (C=O) groups is 2. The minimum Gasteiger partial charge on any atom is -0.384 e. The third-order valence-electron chi connectivity index (χ3n) is 5.20. The Kier molecular flexibility index (Phi) is 9.15. The number of nitrogen functional groups attached to an aromatic ring is 1. The quantitative estimate of drug-likeness (QED) is 0.484. The van der Waals surface area contributed by atoms with Crippen LogP contribution in [0.4, 0.5) is 10.2 Å². The van der Waals surface area contributed by atoms with Crippen molar-refractivity contribution >= 4 is 29.6 Å². The van der Waals surface area contributed by atoms with Gasteiger partial charge >= 0.3 is 5.69 Å². The molecule has 4 N–H and O–H groups in total. The Bertz CT molecular complexity index is 1090. The number of benzene rings is 1. The minimum atomic E-state index is -0.685. The first-order valence-electron chi connectivity index (χ1n) is 10.2. The van der Waals surface area contributed by atoms with Crippen molar-refractivity contribution in [1.29, 1.82) is 0 Å². The molecule has 9 nitrogen and oxygen atoms in total. The number of Topliss-reactive ketones (excluding diaryl/α,β-unsaturated/α-hetero) is 1. The summed E-state index contributed by atoms with van der Waals surface area (Å²) in [6.07, 6.45) is 3.38. The van der Waals surface area contributed by atoms with E-state index in [1.54, 1.807) is 13.0 Å². The lowest BCUT2D eigenvalue weighted by molar-refractivity contribution is -0.106. The average Bonchev–Trinajstić information content (AvgIpc) is 2.75. The lowest BCUT2D eigenvalue weighted by Crippen LogP contribution is -2.45. The highest BCUT2D eigenvalue weighted by atomic mass is 35.5. The normalized spacial score (nSPS) is 13.8. The number of nitrogens with zero attached hydrogens (tertiary/aromatic N) is 3. The van der Waals surface area contributed by atoms with E-state index in [4.69, 9.17) is 22.1 Å². The number of amides is 1. The molecule has 1 fully saturated rings. The molecule has 0 aliphatic carbocycles. The van der Waals surface area contributed by atoms with E-state index < -0.39 is 22.8 Å². The zero-order chi connectivity index (χ0) is 23.8. The number of hydrogen-bond donors (Lipinski definition) is 2. The number of carbonyl (C=O) groups excluding carboxylic acids is 2. The van der Waals surface area contributed by atoms with Gasteiger partial charge in [-0.15, -0.1) is 0 Å². The van der Waals surface area contributed by atoms with Crippen molar-refractivity contribution in [3.05, 3.63) is 61.0 Å². The zero-order valence-electron chi connectivity index (χ0n) is 17.9. The summed E-state index contributed by atoms with van der Waals surface area (Å²) >= 11 is 5.71. The van der Waals surface area contributed by atoms with Crippen LogP contribution < -0.4 is 22.7 Å². The highest BCUT2D eigenvalue weighted by Crippen LogP contribution is 2.17. The molecule has 1 aliphatic heterocycles. The highest BCUT2D eigenvalue weighted by Gasteiger charge is 2.24. The summed E-state index contributed by atoms with van der Waals surface area (Å²) in [6, 6.07) is 4.14. The van der Waals surface area contributed by atoms with E-state index in [2.05, 4.69) is 5.73 Å². The molecule has 174 valence electrons. The Hall–Kier alpha value is -2.98. The van der Waals surface area contributed by atoms with Crippen molar-refractivity contribution in [2.45, 2.75) is 39.3 Å². The summed E-state index contributed by atoms with van der Waals surface area (Å²) in [5.74, 6) is -1.23. The van der Waals surface area contributed by atoms with Gasteiger partial charge in [0.25, 0.3) is 5.56 Å². The molecule has 32 heavy (non-hydrogen) atoms. The molecule has 1 aromatic carbocycles. The second-order valence-electron chi connectivity index (χ2n) is 7.32. The molecule has 1 aromatic heterocycles. The van der Waals surface area contributed by atoms with Gasteiger partial charge in [0.15, 0.2) is 5.78 Å². The van der Waals surface area contributed by atoms with Gasteiger partial charge in [0.1, 0.15) is 17.2 Å². The molecule has 0 atom stereocenters. The van der Waals surface area contributed by atoms with Gasteiger partial charge in [0.2, 0.25) is 6.41 Å². The first-order chi connectivity index (χ1) is 15.2. The first-order valence-corrected chi connectivity index (χ1v) is 10.6. The zero-order valence-corrected chi connectivity index (χ0v) is 18.6. The predicted molar refractivity (Wildman–Crippen MR) is 120 cm³/mol. The molecule has 3 rings (SSSR count). The molecule has 1 aliphatic rings. The molecule has 2 heterocycles. The van der Waals surface area contributed by atoms with Crippen LogP contribution in [0, 0.1) is 5.82 Å². The summed E-state index contributed by atoms with van der Waals surface area (Å²) in [7, 11) is 0. The number of hydrogen-bond acceptors (Lipinski definition) is 6. The van der Waals surface area contributed by atoms with Gasteiger partial charge in [0, 0.05) is 6.54 Å². The maximum atomic E-state index is 13.8.